The van der Waals surface area contributed by atoms with Crippen LogP contribution in [0.15, 0.2) is 49.2 Å². The van der Waals surface area contributed by atoms with Crippen molar-refractivity contribution >= 4 is 49.0 Å². The lowest BCUT2D eigenvalue weighted by Crippen LogP contribution is -2.29. The van der Waals surface area contributed by atoms with Crippen LogP contribution < -0.4 is 15.0 Å². The maximum Gasteiger partial charge on any atom is 0.282 e. The Morgan fingerprint density at radius 1 is 1.15 bits per heavy atom. The summed E-state index contributed by atoms with van der Waals surface area (Å²) in [7, 11) is 0. The van der Waals surface area contributed by atoms with Gasteiger partial charge in [-0.1, -0.05) is 43.6 Å². The maximum absolute atomic E-state index is 13.4. The molecule has 0 saturated heterocycles. The molecule has 3 aromatic rings. The third-order valence-electron chi connectivity index (χ3n) is 5.06. The first-order valence-electron chi connectivity index (χ1n) is 10.9. The van der Waals surface area contributed by atoms with Crippen molar-refractivity contribution in [3.05, 3.63) is 61.0 Å². The molecule has 0 saturated carbocycles. The van der Waals surface area contributed by atoms with Crippen LogP contribution in [0.3, 0.4) is 0 Å². The summed E-state index contributed by atoms with van der Waals surface area (Å²) in [5.41, 5.74) is 0.793. The lowest BCUT2D eigenvalue weighted by atomic mass is 9.95. The van der Waals surface area contributed by atoms with Crippen LogP contribution in [0.4, 0.5) is 0 Å². The van der Waals surface area contributed by atoms with Crippen LogP contribution in [0.5, 0.6) is 11.5 Å². The lowest BCUT2D eigenvalue weighted by molar-refractivity contribution is 0.203. The van der Waals surface area contributed by atoms with Gasteiger partial charge < -0.3 is 9.47 Å². The molecule has 1 atom stereocenters. The summed E-state index contributed by atoms with van der Waals surface area (Å²) < 4.78 is 14.8. The molecule has 33 heavy (non-hydrogen) atoms. The van der Waals surface area contributed by atoms with Gasteiger partial charge >= 0.3 is 0 Å². The largest absolute Gasteiger partial charge is 0.490 e. The third kappa shape index (κ3) is 5.84. The highest BCUT2D eigenvalue weighted by Crippen LogP contribution is 2.34. The van der Waals surface area contributed by atoms with Crippen molar-refractivity contribution in [1.29, 1.82) is 0 Å². The first-order valence-corrected chi connectivity index (χ1v) is 12.5. The molecule has 0 unspecified atom stereocenters. The first kappa shape index (κ1) is 25.4. The van der Waals surface area contributed by atoms with Gasteiger partial charge in [-0.05, 0) is 66.5 Å². The van der Waals surface area contributed by atoms with Gasteiger partial charge in [-0.2, -0.15) is 9.78 Å². The maximum atomic E-state index is 13.4. The van der Waals surface area contributed by atoms with Gasteiger partial charge in [0, 0.05) is 19.9 Å². The van der Waals surface area contributed by atoms with Gasteiger partial charge in [0.2, 0.25) is 0 Å². The molecule has 1 aromatic heterocycles. The van der Waals surface area contributed by atoms with Crippen molar-refractivity contribution in [1.82, 2.24) is 9.66 Å². The molecular weight excluding hydrogens is 550 g/mol. The van der Waals surface area contributed by atoms with Crippen LogP contribution in [-0.4, -0.2) is 28.6 Å². The molecule has 176 valence electrons. The molecule has 6 nitrogen and oxygen atoms in total. The number of hydrogen-bond acceptors (Lipinski definition) is 5. The van der Waals surface area contributed by atoms with Gasteiger partial charge in [0.25, 0.3) is 5.56 Å². The minimum absolute atomic E-state index is 0.0616. The molecule has 0 radical (unpaired) electrons. The van der Waals surface area contributed by atoms with Gasteiger partial charge in [0.1, 0.15) is 5.82 Å². The highest BCUT2D eigenvalue weighted by molar-refractivity contribution is 9.10. The second-order valence-electron chi connectivity index (χ2n) is 8.80. The fourth-order valence-corrected chi connectivity index (χ4v) is 3.96. The smallest absolute Gasteiger partial charge is 0.282 e. The van der Waals surface area contributed by atoms with Gasteiger partial charge in [-0.3, -0.25) is 4.79 Å². The molecule has 0 N–H and O–H groups in total. The zero-order valence-corrected chi connectivity index (χ0v) is 22.9. The molecule has 0 aliphatic carbocycles. The van der Waals surface area contributed by atoms with E-state index in [2.05, 4.69) is 43.9 Å². The van der Waals surface area contributed by atoms with Gasteiger partial charge in [-0.25, -0.2) is 4.98 Å². The van der Waals surface area contributed by atoms with Crippen LogP contribution >= 0.6 is 31.9 Å². The average Bonchev–Trinajstić information content (AvgIpc) is 2.75. The summed E-state index contributed by atoms with van der Waals surface area (Å²) in [6.07, 6.45) is 2.59. The Morgan fingerprint density at radius 2 is 1.88 bits per heavy atom. The second-order valence-corrected chi connectivity index (χ2v) is 10.6. The van der Waals surface area contributed by atoms with Crippen molar-refractivity contribution in [2.75, 3.05) is 6.61 Å². The Morgan fingerprint density at radius 3 is 2.52 bits per heavy atom. The topological polar surface area (TPSA) is 65.7 Å². The summed E-state index contributed by atoms with van der Waals surface area (Å²) in [5.74, 6) is 1.88. The number of aromatic nitrogens is 2. The highest BCUT2D eigenvalue weighted by atomic mass is 79.9. The normalized spacial score (nSPS) is 13.0. The van der Waals surface area contributed by atoms with E-state index in [4.69, 9.17) is 14.5 Å². The Labute approximate surface area is 211 Å². The molecule has 0 spiro atoms. The number of halogens is 2. The number of fused-ring (bicyclic) bond motifs is 1. The molecule has 0 amide bonds. The number of hydrogen-bond donors (Lipinski definition) is 0. The van der Waals surface area contributed by atoms with Gasteiger partial charge in [0.05, 0.1) is 29.8 Å². The van der Waals surface area contributed by atoms with Crippen molar-refractivity contribution in [3.63, 3.8) is 0 Å². The molecule has 0 aliphatic heterocycles. The molecule has 0 aliphatic rings. The monoisotopic (exact) mass is 577 g/mol. The van der Waals surface area contributed by atoms with Crippen LogP contribution in [0.1, 0.15) is 59.4 Å². The van der Waals surface area contributed by atoms with E-state index in [0.717, 1.165) is 20.9 Å². The summed E-state index contributed by atoms with van der Waals surface area (Å²) in [6, 6.07) is 9.23. The van der Waals surface area contributed by atoms with E-state index in [-0.39, 0.29) is 17.1 Å². The quantitative estimate of drug-likeness (QED) is 0.293. The lowest BCUT2D eigenvalue weighted by Gasteiger charge is -2.21. The van der Waals surface area contributed by atoms with Crippen LogP contribution in [0.2, 0.25) is 0 Å². The number of nitrogens with zero attached hydrogens (tertiary/aromatic N) is 3. The minimum Gasteiger partial charge on any atom is -0.490 e. The van der Waals surface area contributed by atoms with Gasteiger partial charge in [0.15, 0.2) is 11.5 Å². The van der Waals surface area contributed by atoms with E-state index in [1.54, 1.807) is 12.3 Å². The fourth-order valence-electron chi connectivity index (χ4n) is 3.17. The van der Waals surface area contributed by atoms with E-state index in [1.807, 2.05) is 58.9 Å². The van der Waals surface area contributed by atoms with Crippen LogP contribution in [0, 0.1) is 0 Å². The summed E-state index contributed by atoms with van der Waals surface area (Å²) in [5, 5.41) is 5.07. The summed E-state index contributed by atoms with van der Waals surface area (Å²) >= 11 is 7.05. The molecule has 8 heteroatoms. The van der Waals surface area contributed by atoms with E-state index in [9.17, 15) is 4.79 Å². The summed E-state index contributed by atoms with van der Waals surface area (Å²) in [4.78, 5) is 18.1. The summed E-state index contributed by atoms with van der Waals surface area (Å²) in [6.45, 7) is 12.6. The van der Waals surface area contributed by atoms with Crippen molar-refractivity contribution in [3.8, 4) is 11.5 Å². The van der Waals surface area contributed by atoms with Crippen molar-refractivity contribution < 1.29 is 9.47 Å². The van der Waals surface area contributed by atoms with Crippen molar-refractivity contribution in [2.24, 2.45) is 5.10 Å². The average molecular weight is 579 g/mol. The molecule has 0 fully saturated rings. The van der Waals surface area contributed by atoms with E-state index >= 15 is 0 Å². The molecule has 0 bridgehead atoms. The predicted octanol–water partition coefficient (Wildman–Crippen LogP) is 6.68. The zero-order valence-electron chi connectivity index (χ0n) is 19.8. The molecular formula is C25H29Br2N3O3. The Hall–Kier alpha value is -2.19. The van der Waals surface area contributed by atoms with E-state index in [0.29, 0.717) is 34.8 Å². The first-order chi connectivity index (χ1) is 15.5. The van der Waals surface area contributed by atoms with Crippen LogP contribution in [0.25, 0.3) is 10.9 Å². The number of rotatable bonds is 7. The number of ether oxygens (including phenoxy) is 2. The predicted molar refractivity (Wildman–Crippen MR) is 141 cm³/mol. The fraction of sp³-hybridized carbons (Fsp3) is 0.400. The highest BCUT2D eigenvalue weighted by Gasteiger charge is 2.23. The Kier molecular flexibility index (Phi) is 8.00. The number of benzene rings is 2. The van der Waals surface area contributed by atoms with Crippen molar-refractivity contribution in [2.45, 2.75) is 59.5 Å². The Bertz CT molecular complexity index is 1250. The zero-order chi connectivity index (χ0) is 24.3. The molecule has 3 rings (SSSR count). The second kappa shape index (κ2) is 10.4. The Balaban J connectivity index is 2.14. The standard InChI is InChI=1S/C25H29Br2N3O3/c1-7-15(3)33-22-13-19(27)16(11-21(22)32-8-2)14-28-30-23(31)18-12-17(26)9-10-20(18)29-24(30)25(4,5)6/h9-15H,7-8H2,1-6H3/t15-/m0/s1. The molecule has 2 aromatic carbocycles. The SMILES string of the molecule is CCOc1cc(C=Nn2c(C(C)(C)C)nc3ccc(Br)cc3c2=O)c(Br)cc1O[C@@H](C)CC. The van der Waals surface area contributed by atoms with Crippen LogP contribution in [-0.2, 0) is 5.41 Å². The minimum atomic E-state index is -0.389. The van der Waals surface area contributed by atoms with E-state index in [1.165, 1.54) is 4.68 Å². The van der Waals surface area contributed by atoms with E-state index < -0.39 is 0 Å². The van der Waals surface area contributed by atoms with Gasteiger partial charge in [-0.15, -0.1) is 0 Å². The molecule has 1 heterocycles. The third-order valence-corrected chi connectivity index (χ3v) is 6.24.